The second-order valence-corrected chi connectivity index (χ2v) is 7.03. The number of nitrogens with zero attached hydrogens (tertiary/aromatic N) is 6. The molecule has 10 nitrogen and oxygen atoms in total. The van der Waals surface area contributed by atoms with Crippen LogP contribution in [0.4, 0.5) is 16.2 Å². The smallest absolute Gasteiger partial charge is 0.323 e. The molecule has 31 heavy (non-hydrogen) atoms. The van der Waals surface area contributed by atoms with E-state index in [0.29, 0.717) is 34.0 Å². The van der Waals surface area contributed by atoms with E-state index in [9.17, 15) is 10.1 Å². The lowest BCUT2D eigenvalue weighted by Crippen LogP contribution is -2.22. The molecule has 2 amide bonds. The number of urea groups is 1. The lowest BCUT2D eigenvalue weighted by molar-refractivity contribution is 0.120. The molecule has 0 fully saturated rings. The van der Waals surface area contributed by atoms with Gasteiger partial charge in [0, 0.05) is 12.7 Å². The molecule has 0 radical (unpaired) electrons. The van der Waals surface area contributed by atoms with Gasteiger partial charge >= 0.3 is 6.03 Å². The van der Waals surface area contributed by atoms with Gasteiger partial charge in [0.05, 0.1) is 58.0 Å². The largest absolute Gasteiger partial charge is 0.377 e. The molecule has 3 rings (SSSR count). The molecule has 3 aromatic rings. The third-order valence-electron chi connectivity index (χ3n) is 4.60. The summed E-state index contributed by atoms with van der Waals surface area (Å²) in [4.78, 5) is 22.3. The molecule has 0 saturated heterocycles. The molecular formula is C20H21ClN8O2. The van der Waals surface area contributed by atoms with Crippen LogP contribution in [0.2, 0.25) is 5.02 Å². The lowest BCUT2D eigenvalue weighted by Gasteiger charge is -2.18. The molecular weight excluding hydrogens is 420 g/mol. The predicted octanol–water partition coefficient (Wildman–Crippen LogP) is 3.80. The molecule has 0 aliphatic rings. The van der Waals surface area contributed by atoms with Crippen LogP contribution in [0.1, 0.15) is 42.5 Å². The highest BCUT2D eigenvalue weighted by molar-refractivity contribution is 6.32. The minimum Gasteiger partial charge on any atom is -0.377 e. The molecule has 1 atom stereocenters. The minimum atomic E-state index is -0.546. The van der Waals surface area contributed by atoms with Gasteiger partial charge in [0.1, 0.15) is 6.07 Å². The Balaban J connectivity index is 1.80. The van der Waals surface area contributed by atoms with E-state index in [-0.39, 0.29) is 5.02 Å². The summed E-state index contributed by atoms with van der Waals surface area (Å²) >= 11 is 6.30. The van der Waals surface area contributed by atoms with Gasteiger partial charge in [-0.2, -0.15) is 15.5 Å². The van der Waals surface area contributed by atoms with Crippen molar-refractivity contribution in [2.75, 3.05) is 17.7 Å². The zero-order valence-electron chi connectivity index (χ0n) is 17.5. The van der Waals surface area contributed by atoms with Crippen LogP contribution in [0.3, 0.4) is 0 Å². The normalized spacial score (nSPS) is 11.6. The topological polar surface area (TPSA) is 131 Å². The van der Waals surface area contributed by atoms with Crippen molar-refractivity contribution in [2.45, 2.75) is 33.3 Å². The molecule has 0 spiro atoms. The highest BCUT2D eigenvalue weighted by Gasteiger charge is 2.20. The van der Waals surface area contributed by atoms with Crippen molar-refractivity contribution < 1.29 is 9.53 Å². The zero-order valence-corrected chi connectivity index (χ0v) is 18.2. The number of methoxy groups -OCH3 is 1. The van der Waals surface area contributed by atoms with Crippen molar-refractivity contribution in [3.8, 4) is 11.9 Å². The number of carbonyl (C=O) groups is 1. The predicted molar refractivity (Wildman–Crippen MR) is 115 cm³/mol. The molecule has 160 valence electrons. The fraction of sp³-hybridized carbons (Fsp3) is 0.300. The minimum absolute atomic E-state index is 0.272. The summed E-state index contributed by atoms with van der Waals surface area (Å²) in [6.07, 6.45) is 4.90. The first-order chi connectivity index (χ1) is 14.9. The van der Waals surface area contributed by atoms with Crippen LogP contribution in [-0.2, 0) is 11.2 Å². The number of nitrogens with one attached hydrogen (secondary N) is 2. The SMILES string of the molecule is CCc1cnn(-c2ncc(NC(=O)Nc3cnc(C)c(C#N)c3[C@H](C)OC)cc2Cl)n1. The number of halogens is 1. The van der Waals surface area contributed by atoms with Gasteiger partial charge in [-0.25, -0.2) is 9.78 Å². The van der Waals surface area contributed by atoms with E-state index in [1.54, 1.807) is 26.1 Å². The summed E-state index contributed by atoms with van der Waals surface area (Å²) < 4.78 is 5.36. The van der Waals surface area contributed by atoms with E-state index in [0.717, 1.165) is 12.1 Å². The summed E-state index contributed by atoms with van der Waals surface area (Å²) in [7, 11) is 1.53. The molecule has 11 heteroatoms. The molecule has 0 aliphatic heterocycles. The Kier molecular flexibility index (Phi) is 6.79. The van der Waals surface area contributed by atoms with Crippen LogP contribution in [0.5, 0.6) is 0 Å². The Morgan fingerprint density at radius 1 is 1.32 bits per heavy atom. The number of hydrogen-bond donors (Lipinski definition) is 2. The van der Waals surface area contributed by atoms with E-state index < -0.39 is 12.1 Å². The highest BCUT2D eigenvalue weighted by Crippen LogP contribution is 2.29. The maximum atomic E-state index is 12.6. The molecule has 0 aromatic carbocycles. The number of ether oxygens (including phenoxy) is 1. The number of anilines is 2. The molecule has 0 bridgehead atoms. The number of amides is 2. The summed E-state index contributed by atoms with van der Waals surface area (Å²) in [6.45, 7) is 5.48. The van der Waals surface area contributed by atoms with Gasteiger partial charge in [-0.3, -0.25) is 4.98 Å². The van der Waals surface area contributed by atoms with Gasteiger partial charge in [-0.05, 0) is 26.3 Å². The van der Waals surface area contributed by atoms with E-state index in [1.165, 1.54) is 24.3 Å². The summed E-state index contributed by atoms with van der Waals surface area (Å²) in [5, 5.41) is 23.6. The second kappa shape index (κ2) is 9.51. The quantitative estimate of drug-likeness (QED) is 0.595. The van der Waals surface area contributed by atoms with Gasteiger partial charge in [-0.15, -0.1) is 4.80 Å². The average molecular weight is 441 g/mol. The molecule has 0 saturated carbocycles. The third kappa shape index (κ3) is 4.79. The van der Waals surface area contributed by atoms with Crippen LogP contribution in [0.25, 0.3) is 5.82 Å². The fourth-order valence-electron chi connectivity index (χ4n) is 2.90. The molecule has 3 heterocycles. The van der Waals surface area contributed by atoms with Crippen molar-refractivity contribution in [3.05, 3.63) is 52.2 Å². The van der Waals surface area contributed by atoms with Gasteiger partial charge in [0.15, 0.2) is 5.82 Å². The highest BCUT2D eigenvalue weighted by atomic mass is 35.5. The zero-order chi connectivity index (χ0) is 22.5. The Labute approximate surface area is 184 Å². The Bertz CT molecular complexity index is 1150. The van der Waals surface area contributed by atoms with Crippen molar-refractivity contribution in [1.29, 1.82) is 5.26 Å². The van der Waals surface area contributed by atoms with Gasteiger partial charge in [0.25, 0.3) is 0 Å². The number of hydrogen-bond acceptors (Lipinski definition) is 7. The third-order valence-corrected chi connectivity index (χ3v) is 4.88. The summed E-state index contributed by atoms with van der Waals surface area (Å²) in [6, 6.07) is 3.12. The van der Waals surface area contributed by atoms with Crippen molar-refractivity contribution in [3.63, 3.8) is 0 Å². The van der Waals surface area contributed by atoms with Gasteiger partial charge in [0.2, 0.25) is 0 Å². The number of aryl methyl sites for hydroxylation is 2. The molecule has 0 unspecified atom stereocenters. The Morgan fingerprint density at radius 2 is 2.10 bits per heavy atom. The summed E-state index contributed by atoms with van der Waals surface area (Å²) in [5.41, 5.74) is 3.02. The van der Waals surface area contributed by atoms with Crippen LogP contribution in [0.15, 0.2) is 24.7 Å². The fourth-order valence-corrected chi connectivity index (χ4v) is 3.14. The van der Waals surface area contributed by atoms with Crippen molar-refractivity contribution in [2.24, 2.45) is 0 Å². The molecule has 2 N–H and O–H groups in total. The summed E-state index contributed by atoms with van der Waals surface area (Å²) in [5.74, 6) is 0.352. The molecule has 3 aromatic heterocycles. The number of nitriles is 1. The standard InChI is InChI=1S/C20H21ClN8O2/c1-5-13-9-25-29(28-13)19-16(21)6-14(8-24-19)26-20(30)27-17-10-23-11(2)15(7-22)18(17)12(3)31-4/h6,8-10,12H,5H2,1-4H3,(H2,26,27,30)/t12-/m0/s1. The first-order valence-electron chi connectivity index (χ1n) is 9.45. The average Bonchev–Trinajstić information content (AvgIpc) is 3.23. The Hall–Kier alpha value is -3.55. The van der Waals surface area contributed by atoms with E-state index in [4.69, 9.17) is 16.3 Å². The second-order valence-electron chi connectivity index (χ2n) is 6.62. The molecule has 0 aliphatic carbocycles. The maximum absolute atomic E-state index is 12.6. The number of rotatable bonds is 6. The van der Waals surface area contributed by atoms with Crippen LogP contribution >= 0.6 is 11.6 Å². The number of pyridine rings is 2. The lowest BCUT2D eigenvalue weighted by atomic mass is 10.0. The number of carbonyl (C=O) groups excluding carboxylic acids is 1. The monoisotopic (exact) mass is 440 g/mol. The van der Waals surface area contributed by atoms with E-state index >= 15 is 0 Å². The first kappa shape index (κ1) is 22.1. The van der Waals surface area contributed by atoms with Crippen molar-refractivity contribution in [1.82, 2.24) is 25.0 Å². The number of aromatic nitrogens is 5. The van der Waals surface area contributed by atoms with Crippen LogP contribution in [0, 0.1) is 18.3 Å². The van der Waals surface area contributed by atoms with Gasteiger partial charge in [-0.1, -0.05) is 18.5 Å². The van der Waals surface area contributed by atoms with Crippen LogP contribution < -0.4 is 10.6 Å². The first-order valence-corrected chi connectivity index (χ1v) is 9.83. The van der Waals surface area contributed by atoms with E-state index in [1.807, 2.05) is 6.92 Å². The van der Waals surface area contributed by atoms with Crippen LogP contribution in [-0.4, -0.2) is 38.1 Å². The van der Waals surface area contributed by atoms with Crippen molar-refractivity contribution >= 4 is 29.0 Å². The Morgan fingerprint density at radius 3 is 2.71 bits per heavy atom. The maximum Gasteiger partial charge on any atom is 0.323 e. The van der Waals surface area contributed by atoms with Gasteiger partial charge < -0.3 is 15.4 Å². The van der Waals surface area contributed by atoms with E-state index in [2.05, 4.69) is 36.9 Å².